The molecule has 0 spiro atoms. The topological polar surface area (TPSA) is 47.6 Å². The van der Waals surface area contributed by atoms with Crippen molar-refractivity contribution in [3.63, 3.8) is 0 Å². The third-order valence-electron chi connectivity index (χ3n) is 4.54. The number of ether oxygens (including phenoxy) is 2. The third kappa shape index (κ3) is 4.92. The summed E-state index contributed by atoms with van der Waals surface area (Å²) < 4.78 is 11.7. The highest BCUT2D eigenvalue weighted by Gasteiger charge is 2.17. The fourth-order valence-corrected chi connectivity index (χ4v) is 2.84. The van der Waals surface area contributed by atoms with Crippen molar-refractivity contribution in [3.8, 4) is 17.2 Å². The Balaban J connectivity index is 1.61. The first-order valence-corrected chi connectivity index (χ1v) is 9.30. The highest BCUT2D eigenvalue weighted by molar-refractivity contribution is 5.94. The largest absolute Gasteiger partial charge is 0.481 e. The molecule has 1 N–H and O–H groups in total. The molecule has 0 aliphatic rings. The van der Waals surface area contributed by atoms with E-state index >= 15 is 0 Å². The Morgan fingerprint density at radius 2 is 1.54 bits per heavy atom. The number of carbonyl (C=O) groups is 1. The summed E-state index contributed by atoms with van der Waals surface area (Å²) in [4.78, 5) is 12.5. The molecule has 0 aromatic heterocycles. The predicted molar refractivity (Wildman–Crippen MR) is 112 cm³/mol. The molecule has 0 bridgehead atoms. The normalized spacial score (nSPS) is 11.6. The van der Waals surface area contributed by atoms with E-state index in [2.05, 4.69) is 11.4 Å². The van der Waals surface area contributed by atoms with Crippen molar-refractivity contribution in [2.45, 2.75) is 33.8 Å². The Morgan fingerprint density at radius 3 is 2.21 bits per heavy atom. The lowest BCUT2D eigenvalue weighted by Crippen LogP contribution is -2.30. The minimum absolute atomic E-state index is 0.199. The van der Waals surface area contributed by atoms with Gasteiger partial charge in [-0.1, -0.05) is 24.3 Å². The summed E-state index contributed by atoms with van der Waals surface area (Å²) in [6.45, 7) is 7.81. The lowest BCUT2D eigenvalue weighted by Gasteiger charge is -2.18. The van der Waals surface area contributed by atoms with E-state index in [4.69, 9.17) is 9.47 Å². The molecule has 3 aromatic carbocycles. The number of hydrogen-bond donors (Lipinski definition) is 1. The number of aryl methyl sites for hydroxylation is 2. The first-order valence-electron chi connectivity index (χ1n) is 9.30. The highest BCUT2D eigenvalue weighted by Crippen LogP contribution is 2.25. The molecule has 0 fully saturated rings. The fourth-order valence-electron chi connectivity index (χ4n) is 2.84. The zero-order valence-electron chi connectivity index (χ0n) is 16.7. The first kappa shape index (κ1) is 19.5. The van der Waals surface area contributed by atoms with E-state index in [-0.39, 0.29) is 5.91 Å². The number of amides is 1. The number of carbonyl (C=O) groups excluding carboxylic acids is 1. The number of rotatable bonds is 6. The highest BCUT2D eigenvalue weighted by atomic mass is 16.5. The van der Waals surface area contributed by atoms with Gasteiger partial charge in [0.15, 0.2) is 6.10 Å². The van der Waals surface area contributed by atoms with Crippen molar-refractivity contribution in [1.29, 1.82) is 0 Å². The first-order chi connectivity index (χ1) is 13.4. The second kappa shape index (κ2) is 8.61. The molecule has 1 atom stereocenters. The number of para-hydroxylation sites is 1. The zero-order chi connectivity index (χ0) is 20.1. The van der Waals surface area contributed by atoms with Crippen molar-refractivity contribution >= 4 is 11.6 Å². The van der Waals surface area contributed by atoms with E-state index in [9.17, 15) is 4.79 Å². The van der Waals surface area contributed by atoms with E-state index in [0.717, 1.165) is 28.2 Å². The van der Waals surface area contributed by atoms with Gasteiger partial charge in [0.05, 0.1) is 0 Å². The number of benzene rings is 3. The summed E-state index contributed by atoms with van der Waals surface area (Å²) in [5, 5.41) is 2.88. The minimum Gasteiger partial charge on any atom is -0.481 e. The van der Waals surface area contributed by atoms with Crippen LogP contribution >= 0.6 is 0 Å². The van der Waals surface area contributed by atoms with Crippen molar-refractivity contribution < 1.29 is 14.3 Å². The molecule has 4 heteroatoms. The van der Waals surface area contributed by atoms with Crippen molar-refractivity contribution in [1.82, 2.24) is 0 Å². The Morgan fingerprint density at radius 1 is 0.893 bits per heavy atom. The van der Waals surface area contributed by atoms with Gasteiger partial charge in [0.2, 0.25) is 0 Å². The van der Waals surface area contributed by atoms with Gasteiger partial charge in [-0.25, -0.2) is 0 Å². The van der Waals surface area contributed by atoms with Gasteiger partial charge in [0.25, 0.3) is 5.91 Å². The third-order valence-corrected chi connectivity index (χ3v) is 4.54. The van der Waals surface area contributed by atoms with E-state index in [0.29, 0.717) is 11.4 Å². The maximum Gasteiger partial charge on any atom is 0.265 e. The van der Waals surface area contributed by atoms with Crippen LogP contribution in [-0.2, 0) is 4.79 Å². The van der Waals surface area contributed by atoms with Gasteiger partial charge in [-0.15, -0.1) is 0 Å². The molecule has 0 aliphatic carbocycles. The van der Waals surface area contributed by atoms with Gasteiger partial charge in [-0.3, -0.25) is 4.79 Å². The molecular formula is C24H25NO3. The molecule has 28 heavy (non-hydrogen) atoms. The SMILES string of the molecule is Cc1cc(C)c(C)c(O[C@H](C)C(=O)Nc2ccc(Oc3ccccc3)cc2)c1. The summed E-state index contributed by atoms with van der Waals surface area (Å²) in [6.07, 6.45) is -0.611. The lowest BCUT2D eigenvalue weighted by atomic mass is 10.1. The van der Waals surface area contributed by atoms with Gasteiger partial charge < -0.3 is 14.8 Å². The molecule has 0 aliphatic heterocycles. The summed E-state index contributed by atoms with van der Waals surface area (Å²) in [7, 11) is 0. The van der Waals surface area contributed by atoms with Crippen LogP contribution in [0.5, 0.6) is 17.2 Å². The van der Waals surface area contributed by atoms with E-state index in [1.54, 1.807) is 6.92 Å². The fraction of sp³-hybridized carbons (Fsp3) is 0.208. The standard InChI is InChI=1S/C24H25NO3/c1-16-14-17(2)18(3)23(15-16)27-19(4)24(26)25-20-10-12-22(13-11-20)28-21-8-6-5-7-9-21/h5-15,19H,1-4H3,(H,25,26)/t19-/m1/s1. The van der Waals surface area contributed by atoms with Crippen LogP contribution in [0.3, 0.4) is 0 Å². The molecule has 0 unspecified atom stereocenters. The Labute approximate surface area is 166 Å². The number of nitrogens with one attached hydrogen (secondary N) is 1. The molecule has 4 nitrogen and oxygen atoms in total. The minimum atomic E-state index is -0.611. The quantitative estimate of drug-likeness (QED) is 0.591. The second-order valence-electron chi connectivity index (χ2n) is 6.89. The molecule has 0 radical (unpaired) electrons. The van der Waals surface area contributed by atoms with Crippen molar-refractivity contribution in [2.75, 3.05) is 5.32 Å². The average molecular weight is 375 g/mol. The molecule has 144 valence electrons. The molecule has 0 saturated carbocycles. The summed E-state index contributed by atoms with van der Waals surface area (Å²) >= 11 is 0. The number of anilines is 1. The second-order valence-corrected chi connectivity index (χ2v) is 6.89. The summed E-state index contributed by atoms with van der Waals surface area (Å²) in [5.41, 5.74) is 4.00. The van der Waals surface area contributed by atoms with Crippen LogP contribution in [0.4, 0.5) is 5.69 Å². The van der Waals surface area contributed by atoms with Crippen LogP contribution in [0.2, 0.25) is 0 Å². The molecule has 3 rings (SSSR count). The molecule has 3 aromatic rings. The number of hydrogen-bond acceptors (Lipinski definition) is 3. The van der Waals surface area contributed by atoms with Crippen molar-refractivity contribution in [3.05, 3.63) is 83.4 Å². The molecule has 1 amide bonds. The molecule has 0 heterocycles. The Hall–Kier alpha value is -3.27. The predicted octanol–water partition coefficient (Wildman–Crippen LogP) is 5.81. The van der Waals surface area contributed by atoms with Crippen LogP contribution in [0, 0.1) is 20.8 Å². The summed E-state index contributed by atoms with van der Waals surface area (Å²) in [6, 6.07) is 20.9. The monoisotopic (exact) mass is 375 g/mol. The van der Waals surface area contributed by atoms with E-state index in [1.165, 1.54) is 0 Å². The Bertz CT molecular complexity index is 950. The van der Waals surface area contributed by atoms with Crippen LogP contribution in [-0.4, -0.2) is 12.0 Å². The summed E-state index contributed by atoms with van der Waals surface area (Å²) in [5.74, 6) is 2.02. The maximum atomic E-state index is 12.5. The molecular weight excluding hydrogens is 350 g/mol. The van der Waals surface area contributed by atoms with Gasteiger partial charge in [0, 0.05) is 5.69 Å². The van der Waals surface area contributed by atoms with Gasteiger partial charge in [0.1, 0.15) is 17.2 Å². The van der Waals surface area contributed by atoms with Crippen molar-refractivity contribution in [2.24, 2.45) is 0 Å². The molecule has 0 saturated heterocycles. The smallest absolute Gasteiger partial charge is 0.265 e. The van der Waals surface area contributed by atoms with Crippen LogP contribution in [0.15, 0.2) is 66.7 Å². The maximum absolute atomic E-state index is 12.5. The lowest BCUT2D eigenvalue weighted by molar-refractivity contribution is -0.122. The zero-order valence-corrected chi connectivity index (χ0v) is 16.7. The van der Waals surface area contributed by atoms with Crippen LogP contribution in [0.25, 0.3) is 0 Å². The van der Waals surface area contributed by atoms with Crippen LogP contribution < -0.4 is 14.8 Å². The average Bonchev–Trinajstić information content (AvgIpc) is 2.68. The van der Waals surface area contributed by atoms with Gasteiger partial charge in [-0.05, 0) is 86.8 Å². The van der Waals surface area contributed by atoms with E-state index < -0.39 is 6.10 Å². The van der Waals surface area contributed by atoms with Gasteiger partial charge >= 0.3 is 0 Å². The van der Waals surface area contributed by atoms with E-state index in [1.807, 2.05) is 81.4 Å². The van der Waals surface area contributed by atoms with Crippen LogP contribution in [0.1, 0.15) is 23.6 Å². The Kier molecular flexibility index (Phi) is 5.99. The van der Waals surface area contributed by atoms with Gasteiger partial charge in [-0.2, -0.15) is 0 Å².